The molecule has 0 aliphatic carbocycles. The third kappa shape index (κ3) is 6.38. The summed E-state index contributed by atoms with van der Waals surface area (Å²) in [5.74, 6) is -0.312. The first-order valence-electron chi connectivity index (χ1n) is 9.06. The van der Waals surface area contributed by atoms with Gasteiger partial charge in [0.1, 0.15) is 0 Å². The van der Waals surface area contributed by atoms with Crippen molar-refractivity contribution < 1.29 is 21.6 Å². The van der Waals surface area contributed by atoms with Crippen LogP contribution in [-0.4, -0.2) is 35.5 Å². The van der Waals surface area contributed by atoms with Crippen molar-refractivity contribution in [3.05, 3.63) is 59.2 Å². The highest BCUT2D eigenvalue weighted by Crippen LogP contribution is 2.17. The van der Waals surface area contributed by atoms with Crippen molar-refractivity contribution in [2.45, 2.75) is 43.0 Å². The van der Waals surface area contributed by atoms with Crippen LogP contribution in [0.3, 0.4) is 0 Å². The van der Waals surface area contributed by atoms with Gasteiger partial charge in [-0.2, -0.15) is 0 Å². The lowest BCUT2D eigenvalue weighted by atomic mass is 10.1. The van der Waals surface area contributed by atoms with E-state index in [-0.39, 0.29) is 34.7 Å². The zero-order valence-electron chi connectivity index (χ0n) is 16.9. The second-order valence-corrected chi connectivity index (χ2v) is 10.8. The number of aryl methyl sites for hydroxylation is 2. The van der Waals surface area contributed by atoms with Gasteiger partial charge in [-0.25, -0.2) is 21.6 Å². The van der Waals surface area contributed by atoms with Gasteiger partial charge in [0.2, 0.25) is 15.9 Å². The Hall–Kier alpha value is -2.23. The summed E-state index contributed by atoms with van der Waals surface area (Å²) < 4.78 is 50.4. The SMILES string of the molecule is Cc1ccc(C)c(S(=O)(=O)NCCC(=O)NC(C)c2ccc(S(C)(=O)=O)cc2)c1. The van der Waals surface area contributed by atoms with E-state index in [4.69, 9.17) is 0 Å². The number of carbonyl (C=O) groups excluding carboxylic acids is 1. The van der Waals surface area contributed by atoms with Gasteiger partial charge in [-0.3, -0.25) is 4.79 Å². The number of hydrogen-bond donors (Lipinski definition) is 2. The molecule has 1 unspecified atom stereocenters. The molecule has 2 aromatic carbocycles. The van der Waals surface area contributed by atoms with Gasteiger partial charge in [0.15, 0.2) is 9.84 Å². The molecule has 1 atom stereocenters. The molecule has 2 N–H and O–H groups in total. The normalized spacial score (nSPS) is 13.1. The summed E-state index contributed by atoms with van der Waals surface area (Å²) in [6.45, 7) is 5.28. The Kier molecular flexibility index (Phi) is 7.20. The Balaban J connectivity index is 1.92. The van der Waals surface area contributed by atoms with Crippen molar-refractivity contribution in [3.8, 4) is 0 Å². The zero-order valence-corrected chi connectivity index (χ0v) is 18.5. The van der Waals surface area contributed by atoms with Crippen molar-refractivity contribution in [1.29, 1.82) is 0 Å². The first-order valence-corrected chi connectivity index (χ1v) is 12.4. The number of sulfone groups is 1. The van der Waals surface area contributed by atoms with Crippen LogP contribution >= 0.6 is 0 Å². The summed E-state index contributed by atoms with van der Waals surface area (Å²) in [6, 6.07) is 11.1. The van der Waals surface area contributed by atoms with Crippen LogP contribution in [0.25, 0.3) is 0 Å². The van der Waals surface area contributed by atoms with Crippen molar-refractivity contribution in [1.82, 2.24) is 10.0 Å². The van der Waals surface area contributed by atoms with E-state index in [1.165, 1.54) is 12.1 Å². The van der Waals surface area contributed by atoms with E-state index in [1.54, 1.807) is 38.1 Å². The molecule has 2 aromatic rings. The van der Waals surface area contributed by atoms with E-state index >= 15 is 0 Å². The van der Waals surface area contributed by atoms with Gasteiger partial charge in [0.25, 0.3) is 0 Å². The fourth-order valence-corrected chi connectivity index (χ4v) is 4.76. The molecular formula is C20H26N2O5S2. The van der Waals surface area contributed by atoms with Crippen molar-refractivity contribution in [3.63, 3.8) is 0 Å². The standard InChI is InChI=1S/C20H26N2O5S2/c1-14-5-6-15(2)19(13-14)29(26,27)21-12-11-20(23)22-16(3)17-7-9-18(10-8-17)28(4,24)25/h5-10,13,16,21H,11-12H2,1-4H3,(H,22,23). The smallest absolute Gasteiger partial charge is 0.240 e. The molecule has 0 heterocycles. The Morgan fingerprint density at radius 1 is 1.00 bits per heavy atom. The summed E-state index contributed by atoms with van der Waals surface area (Å²) in [5.41, 5.74) is 2.23. The third-order valence-electron chi connectivity index (χ3n) is 4.46. The van der Waals surface area contributed by atoms with Crippen LogP contribution in [0.4, 0.5) is 0 Å². The topological polar surface area (TPSA) is 109 Å². The summed E-state index contributed by atoms with van der Waals surface area (Å²) >= 11 is 0. The molecule has 0 radical (unpaired) electrons. The average Bonchev–Trinajstić information content (AvgIpc) is 2.62. The third-order valence-corrected chi connectivity index (χ3v) is 7.19. The predicted molar refractivity (Wildman–Crippen MR) is 112 cm³/mol. The van der Waals surface area contributed by atoms with Crippen molar-refractivity contribution >= 4 is 25.8 Å². The number of rotatable bonds is 8. The van der Waals surface area contributed by atoms with E-state index in [0.29, 0.717) is 5.56 Å². The highest BCUT2D eigenvalue weighted by molar-refractivity contribution is 7.90. The maximum absolute atomic E-state index is 12.5. The molecule has 2 rings (SSSR count). The molecule has 158 valence electrons. The largest absolute Gasteiger partial charge is 0.350 e. The van der Waals surface area contributed by atoms with Crippen LogP contribution in [-0.2, 0) is 24.7 Å². The molecule has 29 heavy (non-hydrogen) atoms. The van der Waals surface area contributed by atoms with E-state index < -0.39 is 19.9 Å². The van der Waals surface area contributed by atoms with Crippen LogP contribution in [0, 0.1) is 13.8 Å². The minimum Gasteiger partial charge on any atom is -0.350 e. The number of benzene rings is 2. The Morgan fingerprint density at radius 2 is 1.62 bits per heavy atom. The molecule has 0 saturated heterocycles. The lowest BCUT2D eigenvalue weighted by Gasteiger charge is -2.15. The average molecular weight is 439 g/mol. The first kappa shape index (κ1) is 23.1. The van der Waals surface area contributed by atoms with E-state index in [2.05, 4.69) is 10.0 Å². The van der Waals surface area contributed by atoms with Crippen LogP contribution < -0.4 is 10.0 Å². The van der Waals surface area contributed by atoms with E-state index in [9.17, 15) is 21.6 Å². The monoisotopic (exact) mass is 438 g/mol. The number of sulfonamides is 1. The van der Waals surface area contributed by atoms with Gasteiger partial charge in [-0.1, -0.05) is 24.3 Å². The summed E-state index contributed by atoms with van der Waals surface area (Å²) in [6.07, 6.45) is 1.11. The highest BCUT2D eigenvalue weighted by Gasteiger charge is 2.18. The van der Waals surface area contributed by atoms with E-state index in [1.807, 2.05) is 13.0 Å². The molecule has 0 aromatic heterocycles. The van der Waals surface area contributed by atoms with Crippen LogP contribution in [0.15, 0.2) is 52.3 Å². The molecule has 9 heteroatoms. The molecule has 1 amide bonds. The molecule has 7 nitrogen and oxygen atoms in total. The molecule has 0 spiro atoms. The minimum atomic E-state index is -3.70. The van der Waals surface area contributed by atoms with Gasteiger partial charge in [0.05, 0.1) is 15.8 Å². The van der Waals surface area contributed by atoms with Gasteiger partial charge in [-0.05, 0) is 55.7 Å². The molecule has 0 bridgehead atoms. The minimum absolute atomic E-state index is 0.0180. The summed E-state index contributed by atoms with van der Waals surface area (Å²) in [4.78, 5) is 12.6. The Labute approximate surface area is 172 Å². The van der Waals surface area contributed by atoms with Gasteiger partial charge in [-0.15, -0.1) is 0 Å². The first-order chi connectivity index (χ1) is 13.4. The van der Waals surface area contributed by atoms with Crippen LogP contribution in [0.5, 0.6) is 0 Å². The fraction of sp³-hybridized carbons (Fsp3) is 0.350. The van der Waals surface area contributed by atoms with Gasteiger partial charge < -0.3 is 5.32 Å². The fourth-order valence-electron chi connectivity index (χ4n) is 2.77. The predicted octanol–water partition coefficient (Wildman–Crippen LogP) is 2.25. The molecule has 0 aliphatic heterocycles. The maximum Gasteiger partial charge on any atom is 0.240 e. The van der Waals surface area contributed by atoms with E-state index in [0.717, 1.165) is 17.4 Å². The molecule has 0 aliphatic rings. The van der Waals surface area contributed by atoms with Crippen molar-refractivity contribution in [2.75, 3.05) is 12.8 Å². The maximum atomic E-state index is 12.5. The highest BCUT2D eigenvalue weighted by atomic mass is 32.2. The Bertz CT molecular complexity index is 1090. The van der Waals surface area contributed by atoms with Crippen LogP contribution in [0.2, 0.25) is 0 Å². The summed E-state index contributed by atoms with van der Waals surface area (Å²) in [7, 11) is -6.97. The second-order valence-electron chi connectivity index (χ2n) is 7.05. The van der Waals surface area contributed by atoms with Crippen LogP contribution in [0.1, 0.15) is 36.1 Å². The number of carbonyl (C=O) groups is 1. The number of nitrogens with one attached hydrogen (secondary N) is 2. The lowest BCUT2D eigenvalue weighted by molar-refractivity contribution is -0.121. The summed E-state index contributed by atoms with van der Waals surface area (Å²) in [5, 5.41) is 2.78. The molecule has 0 saturated carbocycles. The second kappa shape index (κ2) is 9.06. The van der Waals surface area contributed by atoms with Gasteiger partial charge in [0, 0.05) is 19.2 Å². The quantitative estimate of drug-likeness (QED) is 0.657. The number of hydrogen-bond acceptors (Lipinski definition) is 5. The molecule has 0 fully saturated rings. The zero-order chi connectivity index (χ0) is 21.8. The molecular weight excluding hydrogens is 412 g/mol. The number of amides is 1. The Morgan fingerprint density at radius 3 is 2.21 bits per heavy atom. The van der Waals surface area contributed by atoms with Crippen molar-refractivity contribution in [2.24, 2.45) is 0 Å². The van der Waals surface area contributed by atoms with Gasteiger partial charge >= 0.3 is 0 Å². The lowest BCUT2D eigenvalue weighted by Crippen LogP contribution is -2.32.